The van der Waals surface area contributed by atoms with Crippen LogP contribution in [0.15, 0.2) is 40.2 Å². The van der Waals surface area contributed by atoms with Gasteiger partial charge in [0.2, 0.25) is 11.8 Å². The third kappa shape index (κ3) is 5.47. The van der Waals surface area contributed by atoms with Crippen LogP contribution in [0.1, 0.15) is 15.2 Å². The van der Waals surface area contributed by atoms with Crippen molar-refractivity contribution in [3.63, 3.8) is 0 Å². The van der Waals surface area contributed by atoms with Crippen LogP contribution in [-0.2, 0) is 9.59 Å². The van der Waals surface area contributed by atoms with Crippen molar-refractivity contribution in [2.24, 2.45) is 0 Å². The van der Waals surface area contributed by atoms with Gasteiger partial charge in [0.15, 0.2) is 0 Å². The average Bonchev–Trinajstić information content (AvgIpc) is 3.08. The molecule has 0 aliphatic rings. The SMILES string of the molecule is Cc1cc(NC(=O)CNC(=O)CNC(=O)c2cccs2)ccc1Br. The van der Waals surface area contributed by atoms with Gasteiger partial charge < -0.3 is 16.0 Å². The molecule has 3 N–H and O–H groups in total. The minimum Gasteiger partial charge on any atom is -0.345 e. The van der Waals surface area contributed by atoms with Crippen LogP contribution in [0.2, 0.25) is 0 Å². The largest absolute Gasteiger partial charge is 0.345 e. The van der Waals surface area contributed by atoms with Crippen molar-refractivity contribution in [1.82, 2.24) is 10.6 Å². The monoisotopic (exact) mass is 409 g/mol. The Balaban J connectivity index is 1.72. The first kappa shape index (κ1) is 18.2. The van der Waals surface area contributed by atoms with Gasteiger partial charge in [0.25, 0.3) is 5.91 Å². The molecule has 0 saturated heterocycles. The molecule has 6 nitrogen and oxygen atoms in total. The van der Waals surface area contributed by atoms with Crippen LogP contribution in [0, 0.1) is 6.92 Å². The number of hydrogen-bond acceptors (Lipinski definition) is 4. The van der Waals surface area contributed by atoms with Crippen molar-refractivity contribution in [3.05, 3.63) is 50.6 Å². The second-order valence-corrected chi connectivity index (χ2v) is 6.75. The summed E-state index contributed by atoms with van der Waals surface area (Å²) in [6.07, 6.45) is 0. The summed E-state index contributed by atoms with van der Waals surface area (Å²) in [6.45, 7) is 1.57. The van der Waals surface area contributed by atoms with Crippen LogP contribution in [0.4, 0.5) is 5.69 Å². The summed E-state index contributed by atoms with van der Waals surface area (Å²) in [6, 6.07) is 8.85. The molecule has 0 aliphatic heterocycles. The summed E-state index contributed by atoms with van der Waals surface area (Å²) < 4.78 is 0.954. The number of hydrogen-bond donors (Lipinski definition) is 3. The van der Waals surface area contributed by atoms with Crippen molar-refractivity contribution < 1.29 is 14.4 Å². The molecule has 0 radical (unpaired) electrons. The molecule has 8 heteroatoms. The molecule has 126 valence electrons. The third-order valence-electron chi connectivity index (χ3n) is 3.04. The Morgan fingerprint density at radius 2 is 1.83 bits per heavy atom. The van der Waals surface area contributed by atoms with Crippen LogP contribution in [0.25, 0.3) is 0 Å². The fourth-order valence-electron chi connectivity index (χ4n) is 1.82. The van der Waals surface area contributed by atoms with E-state index in [-0.39, 0.29) is 24.9 Å². The number of carbonyl (C=O) groups excluding carboxylic acids is 3. The van der Waals surface area contributed by atoms with E-state index >= 15 is 0 Å². The molecule has 2 aromatic rings. The van der Waals surface area contributed by atoms with Gasteiger partial charge in [0.1, 0.15) is 0 Å². The summed E-state index contributed by atoms with van der Waals surface area (Å²) in [5.74, 6) is -1.08. The molecule has 0 fully saturated rings. The lowest BCUT2D eigenvalue weighted by molar-refractivity contribution is -0.123. The minimum absolute atomic E-state index is 0.164. The van der Waals surface area contributed by atoms with E-state index < -0.39 is 5.91 Å². The zero-order valence-corrected chi connectivity index (χ0v) is 15.3. The smallest absolute Gasteiger partial charge is 0.261 e. The maximum atomic E-state index is 11.8. The molecule has 0 spiro atoms. The van der Waals surface area contributed by atoms with Crippen molar-refractivity contribution in [3.8, 4) is 0 Å². The summed E-state index contributed by atoms with van der Waals surface area (Å²) in [4.78, 5) is 35.7. The van der Waals surface area contributed by atoms with Crippen LogP contribution in [-0.4, -0.2) is 30.8 Å². The van der Waals surface area contributed by atoms with Gasteiger partial charge in [0.05, 0.1) is 18.0 Å². The number of aryl methyl sites for hydroxylation is 1. The van der Waals surface area contributed by atoms with E-state index in [0.29, 0.717) is 10.6 Å². The van der Waals surface area contributed by atoms with E-state index in [0.717, 1.165) is 10.0 Å². The molecule has 24 heavy (non-hydrogen) atoms. The highest BCUT2D eigenvalue weighted by Crippen LogP contribution is 2.19. The summed E-state index contributed by atoms with van der Waals surface area (Å²) in [7, 11) is 0. The fourth-order valence-corrected chi connectivity index (χ4v) is 2.71. The summed E-state index contributed by atoms with van der Waals surface area (Å²) in [5.41, 5.74) is 1.65. The number of anilines is 1. The molecule has 1 heterocycles. The topological polar surface area (TPSA) is 87.3 Å². The van der Waals surface area contributed by atoms with Gasteiger partial charge in [-0.15, -0.1) is 11.3 Å². The highest BCUT2D eigenvalue weighted by Gasteiger charge is 2.10. The predicted octanol–water partition coefficient (Wildman–Crippen LogP) is 2.30. The molecule has 0 bridgehead atoms. The van der Waals surface area contributed by atoms with Gasteiger partial charge in [-0.2, -0.15) is 0 Å². The number of nitrogens with one attached hydrogen (secondary N) is 3. The van der Waals surface area contributed by atoms with Gasteiger partial charge in [-0.1, -0.05) is 22.0 Å². The van der Waals surface area contributed by atoms with E-state index in [1.165, 1.54) is 11.3 Å². The molecule has 1 aromatic heterocycles. The zero-order valence-electron chi connectivity index (χ0n) is 12.9. The van der Waals surface area contributed by atoms with Gasteiger partial charge in [-0.3, -0.25) is 14.4 Å². The maximum absolute atomic E-state index is 11.8. The van der Waals surface area contributed by atoms with Crippen molar-refractivity contribution in [2.45, 2.75) is 6.92 Å². The quantitative estimate of drug-likeness (QED) is 0.683. The highest BCUT2D eigenvalue weighted by atomic mass is 79.9. The molecule has 0 saturated carbocycles. The number of rotatable bonds is 6. The molecule has 0 unspecified atom stereocenters. The van der Waals surface area contributed by atoms with Crippen molar-refractivity contribution in [1.29, 1.82) is 0 Å². The van der Waals surface area contributed by atoms with Gasteiger partial charge in [0, 0.05) is 10.2 Å². The summed E-state index contributed by atoms with van der Waals surface area (Å²) in [5, 5.41) is 9.43. The first-order valence-corrected chi connectivity index (χ1v) is 8.77. The Kier molecular flexibility index (Phi) is 6.51. The van der Waals surface area contributed by atoms with E-state index in [1.807, 2.05) is 19.1 Å². The Morgan fingerprint density at radius 1 is 1.08 bits per heavy atom. The Labute approximate surface area is 151 Å². The van der Waals surface area contributed by atoms with E-state index in [9.17, 15) is 14.4 Å². The lowest BCUT2D eigenvalue weighted by Crippen LogP contribution is -2.40. The number of thiophene rings is 1. The zero-order chi connectivity index (χ0) is 17.5. The lowest BCUT2D eigenvalue weighted by Gasteiger charge is -2.08. The molecular weight excluding hydrogens is 394 g/mol. The van der Waals surface area contributed by atoms with Crippen LogP contribution in [0.5, 0.6) is 0 Å². The van der Waals surface area contributed by atoms with E-state index in [1.54, 1.807) is 23.6 Å². The fraction of sp³-hybridized carbons (Fsp3) is 0.188. The second-order valence-electron chi connectivity index (χ2n) is 4.95. The number of halogens is 1. The normalized spacial score (nSPS) is 10.1. The third-order valence-corrected chi connectivity index (χ3v) is 4.80. The van der Waals surface area contributed by atoms with Crippen LogP contribution < -0.4 is 16.0 Å². The van der Waals surface area contributed by atoms with E-state index in [4.69, 9.17) is 0 Å². The first-order valence-electron chi connectivity index (χ1n) is 7.10. The molecule has 0 atom stereocenters. The Hall–Kier alpha value is -2.19. The van der Waals surface area contributed by atoms with Gasteiger partial charge in [-0.05, 0) is 42.1 Å². The molecule has 1 aromatic carbocycles. The van der Waals surface area contributed by atoms with E-state index in [2.05, 4.69) is 31.9 Å². The number of benzene rings is 1. The summed E-state index contributed by atoms with van der Waals surface area (Å²) >= 11 is 4.68. The van der Waals surface area contributed by atoms with Crippen molar-refractivity contribution >= 4 is 50.7 Å². The Morgan fingerprint density at radius 3 is 2.50 bits per heavy atom. The predicted molar refractivity (Wildman–Crippen MR) is 97.2 cm³/mol. The molecule has 3 amide bonds. The van der Waals surface area contributed by atoms with Gasteiger partial charge in [-0.25, -0.2) is 0 Å². The maximum Gasteiger partial charge on any atom is 0.261 e. The van der Waals surface area contributed by atoms with Crippen LogP contribution >= 0.6 is 27.3 Å². The van der Waals surface area contributed by atoms with Crippen molar-refractivity contribution in [2.75, 3.05) is 18.4 Å². The van der Waals surface area contributed by atoms with Gasteiger partial charge >= 0.3 is 0 Å². The standard InChI is InChI=1S/C16H16BrN3O3S/c1-10-7-11(4-5-12(10)17)20-15(22)9-18-14(21)8-19-16(23)13-3-2-6-24-13/h2-7H,8-9H2,1H3,(H,18,21)(H,19,23)(H,20,22). The minimum atomic E-state index is -0.429. The molecular formula is C16H16BrN3O3S. The molecule has 2 rings (SSSR count). The number of amides is 3. The first-order chi connectivity index (χ1) is 11.5. The second kappa shape index (κ2) is 8.60. The van der Waals surface area contributed by atoms with Crippen LogP contribution in [0.3, 0.4) is 0 Å². The molecule has 0 aliphatic carbocycles. The lowest BCUT2D eigenvalue weighted by atomic mass is 10.2. The number of carbonyl (C=O) groups is 3. The Bertz CT molecular complexity index is 747. The average molecular weight is 410 g/mol. The highest BCUT2D eigenvalue weighted by molar-refractivity contribution is 9.10.